The Morgan fingerprint density at radius 2 is 2.10 bits per heavy atom. The number of carbonyl (C=O) groups excluding carboxylic acids is 1. The van der Waals surface area contributed by atoms with Crippen LogP contribution in [0.4, 0.5) is 0 Å². The van der Waals surface area contributed by atoms with Crippen LogP contribution in [-0.2, 0) is 10.3 Å². The standard InChI is InChI=1S/C16H23BrN2O/c1-16(2,13-8-4-5-9-14(13)17)18-15(20)12-7-6-10-19(3)11-12/h4-5,8-9,12H,6-7,10-11H2,1-3H3,(H,18,20). The number of hydrogen-bond donors (Lipinski definition) is 1. The number of piperidine rings is 1. The van der Waals surface area contributed by atoms with Gasteiger partial charge in [-0.3, -0.25) is 4.79 Å². The van der Waals surface area contributed by atoms with Crippen molar-refractivity contribution in [2.45, 2.75) is 32.2 Å². The van der Waals surface area contributed by atoms with E-state index in [0.717, 1.165) is 36.0 Å². The molecule has 1 N–H and O–H groups in total. The van der Waals surface area contributed by atoms with Gasteiger partial charge in [-0.2, -0.15) is 0 Å². The molecule has 1 amide bonds. The molecule has 1 heterocycles. The molecule has 1 saturated heterocycles. The highest BCUT2D eigenvalue weighted by atomic mass is 79.9. The van der Waals surface area contributed by atoms with Crippen LogP contribution in [0.25, 0.3) is 0 Å². The van der Waals surface area contributed by atoms with Crippen LogP contribution in [0, 0.1) is 5.92 Å². The Hall–Kier alpha value is -0.870. The summed E-state index contributed by atoms with van der Waals surface area (Å²) in [6.45, 7) is 6.06. The summed E-state index contributed by atoms with van der Waals surface area (Å²) < 4.78 is 1.03. The Bertz CT molecular complexity index is 487. The lowest BCUT2D eigenvalue weighted by molar-refractivity contribution is -0.128. The van der Waals surface area contributed by atoms with Gasteiger partial charge in [-0.15, -0.1) is 0 Å². The van der Waals surface area contributed by atoms with Crippen molar-refractivity contribution in [3.8, 4) is 0 Å². The fourth-order valence-corrected chi connectivity index (χ4v) is 3.61. The molecule has 1 fully saturated rings. The predicted molar refractivity (Wildman–Crippen MR) is 85.5 cm³/mol. The van der Waals surface area contributed by atoms with E-state index in [2.05, 4.69) is 53.1 Å². The topological polar surface area (TPSA) is 32.3 Å². The number of amides is 1. The third-order valence-corrected chi connectivity index (χ3v) is 4.67. The zero-order chi connectivity index (χ0) is 14.8. The predicted octanol–water partition coefficient (Wildman–Crippen LogP) is 3.14. The fraction of sp³-hybridized carbons (Fsp3) is 0.562. The number of nitrogens with zero attached hydrogens (tertiary/aromatic N) is 1. The molecule has 0 aliphatic carbocycles. The summed E-state index contributed by atoms with van der Waals surface area (Å²) in [5.41, 5.74) is 0.741. The average molecular weight is 339 g/mol. The van der Waals surface area contributed by atoms with E-state index >= 15 is 0 Å². The van der Waals surface area contributed by atoms with Crippen LogP contribution in [0.1, 0.15) is 32.3 Å². The Labute approximate surface area is 129 Å². The maximum atomic E-state index is 12.5. The minimum Gasteiger partial charge on any atom is -0.347 e. The zero-order valence-corrected chi connectivity index (χ0v) is 14.0. The Morgan fingerprint density at radius 1 is 1.40 bits per heavy atom. The highest BCUT2D eigenvalue weighted by Crippen LogP contribution is 2.28. The number of halogens is 1. The molecule has 1 unspecified atom stereocenters. The lowest BCUT2D eigenvalue weighted by atomic mass is 9.91. The molecule has 20 heavy (non-hydrogen) atoms. The second-order valence-electron chi connectivity index (χ2n) is 6.20. The molecule has 0 bridgehead atoms. The van der Waals surface area contributed by atoms with Gasteiger partial charge in [-0.05, 0) is 51.9 Å². The van der Waals surface area contributed by atoms with E-state index < -0.39 is 0 Å². The summed E-state index contributed by atoms with van der Waals surface area (Å²) >= 11 is 3.57. The number of nitrogens with one attached hydrogen (secondary N) is 1. The van der Waals surface area contributed by atoms with Crippen molar-refractivity contribution in [3.05, 3.63) is 34.3 Å². The molecule has 110 valence electrons. The quantitative estimate of drug-likeness (QED) is 0.918. The average Bonchev–Trinajstić information content (AvgIpc) is 2.38. The Balaban J connectivity index is 2.08. The van der Waals surface area contributed by atoms with Gasteiger partial charge in [0.1, 0.15) is 0 Å². The lowest BCUT2D eigenvalue weighted by Gasteiger charge is -2.33. The summed E-state index contributed by atoms with van der Waals surface area (Å²) in [4.78, 5) is 14.7. The zero-order valence-electron chi connectivity index (χ0n) is 12.4. The molecule has 1 aliphatic heterocycles. The largest absolute Gasteiger partial charge is 0.347 e. The van der Waals surface area contributed by atoms with E-state index in [0.29, 0.717) is 0 Å². The first-order valence-corrected chi connectivity index (χ1v) is 7.95. The molecular formula is C16H23BrN2O. The lowest BCUT2D eigenvalue weighted by Crippen LogP contribution is -2.48. The maximum Gasteiger partial charge on any atom is 0.225 e. The molecule has 4 heteroatoms. The number of carbonyl (C=O) groups is 1. The third kappa shape index (κ3) is 3.61. The van der Waals surface area contributed by atoms with E-state index in [1.807, 2.05) is 18.2 Å². The van der Waals surface area contributed by atoms with Crippen molar-refractivity contribution in [3.63, 3.8) is 0 Å². The highest BCUT2D eigenvalue weighted by molar-refractivity contribution is 9.10. The summed E-state index contributed by atoms with van der Waals surface area (Å²) in [5, 5.41) is 3.21. The van der Waals surface area contributed by atoms with Gasteiger partial charge < -0.3 is 10.2 Å². The van der Waals surface area contributed by atoms with Crippen molar-refractivity contribution < 1.29 is 4.79 Å². The molecular weight excluding hydrogens is 316 g/mol. The van der Waals surface area contributed by atoms with Crippen LogP contribution in [0.3, 0.4) is 0 Å². The van der Waals surface area contributed by atoms with Crippen molar-refractivity contribution in [2.24, 2.45) is 5.92 Å². The second-order valence-corrected chi connectivity index (χ2v) is 7.05. The van der Waals surface area contributed by atoms with Gasteiger partial charge in [0.05, 0.1) is 11.5 Å². The van der Waals surface area contributed by atoms with E-state index in [9.17, 15) is 4.79 Å². The molecule has 0 radical (unpaired) electrons. The summed E-state index contributed by atoms with van der Waals surface area (Å²) in [6, 6.07) is 8.05. The Kier molecular flexibility index (Phi) is 4.86. The van der Waals surface area contributed by atoms with Crippen molar-refractivity contribution in [1.82, 2.24) is 10.2 Å². The van der Waals surface area contributed by atoms with Crippen LogP contribution in [0.5, 0.6) is 0 Å². The SMILES string of the molecule is CN1CCCC(C(=O)NC(C)(C)c2ccccc2Br)C1. The van der Waals surface area contributed by atoms with Crippen molar-refractivity contribution in [2.75, 3.05) is 20.1 Å². The molecule has 3 nitrogen and oxygen atoms in total. The Morgan fingerprint density at radius 3 is 2.75 bits per heavy atom. The second kappa shape index (κ2) is 6.27. The minimum absolute atomic E-state index is 0.107. The van der Waals surface area contributed by atoms with Gasteiger partial charge in [0.15, 0.2) is 0 Å². The van der Waals surface area contributed by atoms with Crippen LogP contribution in [-0.4, -0.2) is 30.9 Å². The molecule has 0 saturated carbocycles. The van der Waals surface area contributed by atoms with Gasteiger partial charge in [0.25, 0.3) is 0 Å². The number of likely N-dealkylation sites (tertiary alicyclic amines) is 1. The molecule has 2 rings (SSSR count). The van der Waals surface area contributed by atoms with Crippen LogP contribution in [0.2, 0.25) is 0 Å². The van der Waals surface area contributed by atoms with E-state index in [4.69, 9.17) is 0 Å². The summed E-state index contributed by atoms with van der Waals surface area (Å²) in [6.07, 6.45) is 2.09. The van der Waals surface area contributed by atoms with Gasteiger partial charge in [-0.25, -0.2) is 0 Å². The minimum atomic E-state index is -0.368. The van der Waals surface area contributed by atoms with Crippen molar-refractivity contribution >= 4 is 21.8 Å². The number of rotatable bonds is 3. The first kappa shape index (κ1) is 15.5. The number of hydrogen-bond acceptors (Lipinski definition) is 2. The van der Waals surface area contributed by atoms with Crippen LogP contribution >= 0.6 is 15.9 Å². The molecule has 1 aromatic rings. The summed E-state index contributed by atoms with van der Waals surface area (Å²) in [5.74, 6) is 0.271. The van der Waals surface area contributed by atoms with Gasteiger partial charge in [0.2, 0.25) is 5.91 Å². The fourth-order valence-electron chi connectivity index (χ4n) is 2.83. The van der Waals surface area contributed by atoms with Crippen LogP contribution in [0.15, 0.2) is 28.7 Å². The molecule has 1 aliphatic rings. The normalized spacial score (nSPS) is 20.7. The first-order chi connectivity index (χ1) is 9.40. The monoisotopic (exact) mass is 338 g/mol. The van der Waals surface area contributed by atoms with Crippen molar-refractivity contribution in [1.29, 1.82) is 0 Å². The smallest absolute Gasteiger partial charge is 0.225 e. The van der Waals surface area contributed by atoms with E-state index in [-0.39, 0.29) is 17.4 Å². The molecule has 1 atom stereocenters. The van der Waals surface area contributed by atoms with E-state index in [1.54, 1.807) is 0 Å². The maximum absolute atomic E-state index is 12.5. The van der Waals surface area contributed by atoms with Gasteiger partial charge in [-0.1, -0.05) is 34.1 Å². The summed E-state index contributed by atoms with van der Waals surface area (Å²) in [7, 11) is 2.08. The molecule has 0 spiro atoms. The van der Waals surface area contributed by atoms with Crippen LogP contribution < -0.4 is 5.32 Å². The number of benzene rings is 1. The van der Waals surface area contributed by atoms with Gasteiger partial charge >= 0.3 is 0 Å². The third-order valence-electron chi connectivity index (χ3n) is 3.98. The highest BCUT2D eigenvalue weighted by Gasteiger charge is 2.30. The first-order valence-electron chi connectivity index (χ1n) is 7.16. The van der Waals surface area contributed by atoms with Gasteiger partial charge in [0, 0.05) is 11.0 Å². The van der Waals surface area contributed by atoms with E-state index in [1.165, 1.54) is 0 Å². The molecule has 0 aromatic heterocycles. The molecule has 1 aromatic carbocycles.